The molecule has 0 unspecified atom stereocenters. The van der Waals surface area contributed by atoms with Gasteiger partial charge in [-0.3, -0.25) is 0 Å². The molecular formula is C22H26ClN5. The van der Waals surface area contributed by atoms with Gasteiger partial charge in [0, 0.05) is 42.1 Å². The number of halogens is 1. The molecule has 3 aromatic rings. The highest BCUT2D eigenvalue weighted by molar-refractivity contribution is 6.31. The summed E-state index contributed by atoms with van der Waals surface area (Å²) in [5.74, 6) is 2.21. The van der Waals surface area contributed by atoms with Gasteiger partial charge in [0.25, 0.3) is 0 Å². The number of aromatic nitrogens is 2. The quantitative estimate of drug-likeness (QED) is 0.516. The Morgan fingerprint density at radius 1 is 0.929 bits per heavy atom. The van der Waals surface area contributed by atoms with Crippen LogP contribution in [0.1, 0.15) is 25.2 Å². The van der Waals surface area contributed by atoms with Crippen LogP contribution in [0.2, 0.25) is 5.02 Å². The molecule has 28 heavy (non-hydrogen) atoms. The molecule has 0 aliphatic carbocycles. The molecular weight excluding hydrogens is 370 g/mol. The van der Waals surface area contributed by atoms with Crippen molar-refractivity contribution in [1.82, 2.24) is 9.97 Å². The number of benzene rings is 2. The predicted molar refractivity (Wildman–Crippen MR) is 119 cm³/mol. The summed E-state index contributed by atoms with van der Waals surface area (Å²) in [4.78, 5) is 11.3. The van der Waals surface area contributed by atoms with Crippen molar-refractivity contribution in [2.24, 2.45) is 0 Å². The molecule has 0 bridgehead atoms. The van der Waals surface area contributed by atoms with Crippen LogP contribution in [-0.2, 0) is 6.54 Å². The average molecular weight is 396 g/mol. The average Bonchev–Trinajstić information content (AvgIpc) is 2.69. The van der Waals surface area contributed by atoms with Crippen LogP contribution in [-0.4, -0.2) is 23.1 Å². The van der Waals surface area contributed by atoms with Crippen LogP contribution in [0.15, 0.2) is 54.6 Å². The monoisotopic (exact) mass is 395 g/mol. The van der Waals surface area contributed by atoms with Crippen LogP contribution in [0, 0.1) is 6.92 Å². The van der Waals surface area contributed by atoms with Gasteiger partial charge in [-0.2, -0.15) is 0 Å². The summed E-state index contributed by atoms with van der Waals surface area (Å²) < 4.78 is 0. The maximum Gasteiger partial charge on any atom is 0.136 e. The Kier molecular flexibility index (Phi) is 6.71. The summed E-state index contributed by atoms with van der Waals surface area (Å²) in [7, 11) is 0. The molecule has 0 saturated heterocycles. The molecule has 0 aliphatic heterocycles. The van der Waals surface area contributed by atoms with Gasteiger partial charge in [-0.25, -0.2) is 9.97 Å². The first-order valence-corrected chi connectivity index (χ1v) is 9.91. The minimum absolute atomic E-state index is 0.605. The number of nitrogens with zero attached hydrogens (tertiary/aromatic N) is 3. The molecule has 0 saturated carbocycles. The van der Waals surface area contributed by atoms with E-state index < -0.39 is 0 Å². The standard InChI is InChI=1S/C22H26ClN5/c1-4-28(5-2)19-12-10-18(11-13-19)27-22-14-21(25-16(3)26-22)24-15-17-8-6-7-9-20(17)23/h6-14H,4-5,15H2,1-3H3,(H2,24,25,26,27). The molecule has 0 fully saturated rings. The first-order valence-electron chi connectivity index (χ1n) is 9.54. The molecule has 0 radical (unpaired) electrons. The Hall–Kier alpha value is -2.79. The summed E-state index contributed by atoms with van der Waals surface area (Å²) in [6, 6.07) is 18.1. The highest BCUT2D eigenvalue weighted by Crippen LogP contribution is 2.22. The van der Waals surface area contributed by atoms with E-state index in [2.05, 4.69) is 63.6 Å². The third-order valence-electron chi connectivity index (χ3n) is 4.52. The maximum atomic E-state index is 6.23. The number of anilines is 4. The number of aryl methyl sites for hydroxylation is 1. The van der Waals surface area contributed by atoms with Gasteiger partial charge in [0.05, 0.1) is 0 Å². The van der Waals surface area contributed by atoms with Gasteiger partial charge in [0.2, 0.25) is 0 Å². The molecule has 0 aliphatic rings. The van der Waals surface area contributed by atoms with Crippen LogP contribution in [0.3, 0.4) is 0 Å². The van der Waals surface area contributed by atoms with Crippen LogP contribution in [0.5, 0.6) is 0 Å². The molecule has 1 aromatic heterocycles. The van der Waals surface area contributed by atoms with Gasteiger partial charge in [0.1, 0.15) is 17.5 Å². The summed E-state index contributed by atoms with van der Waals surface area (Å²) in [5.41, 5.74) is 3.24. The number of hydrogen-bond acceptors (Lipinski definition) is 5. The molecule has 1 heterocycles. The van der Waals surface area contributed by atoms with E-state index in [9.17, 15) is 0 Å². The molecule has 0 atom stereocenters. The topological polar surface area (TPSA) is 53.1 Å². The lowest BCUT2D eigenvalue weighted by Crippen LogP contribution is -2.21. The lowest BCUT2D eigenvalue weighted by Gasteiger charge is -2.21. The van der Waals surface area contributed by atoms with Crippen molar-refractivity contribution in [3.05, 3.63) is 71.0 Å². The van der Waals surface area contributed by atoms with E-state index in [-0.39, 0.29) is 0 Å². The lowest BCUT2D eigenvalue weighted by atomic mass is 10.2. The van der Waals surface area contributed by atoms with Crippen LogP contribution in [0.4, 0.5) is 23.0 Å². The van der Waals surface area contributed by atoms with Crippen molar-refractivity contribution >= 4 is 34.6 Å². The van der Waals surface area contributed by atoms with E-state index in [1.54, 1.807) is 0 Å². The van der Waals surface area contributed by atoms with E-state index in [1.165, 1.54) is 5.69 Å². The highest BCUT2D eigenvalue weighted by Gasteiger charge is 2.06. The van der Waals surface area contributed by atoms with E-state index in [4.69, 9.17) is 11.6 Å². The largest absolute Gasteiger partial charge is 0.372 e. The zero-order chi connectivity index (χ0) is 19.9. The fourth-order valence-corrected chi connectivity index (χ4v) is 3.24. The number of rotatable bonds is 8. The summed E-state index contributed by atoms with van der Waals surface area (Å²) in [6.07, 6.45) is 0. The van der Waals surface area contributed by atoms with Gasteiger partial charge in [0.15, 0.2) is 0 Å². The fraction of sp³-hybridized carbons (Fsp3) is 0.273. The molecule has 5 nitrogen and oxygen atoms in total. The molecule has 0 amide bonds. The normalized spacial score (nSPS) is 10.6. The zero-order valence-electron chi connectivity index (χ0n) is 16.5. The van der Waals surface area contributed by atoms with Crippen molar-refractivity contribution in [1.29, 1.82) is 0 Å². The van der Waals surface area contributed by atoms with Crippen LogP contribution < -0.4 is 15.5 Å². The van der Waals surface area contributed by atoms with Gasteiger partial charge < -0.3 is 15.5 Å². The van der Waals surface area contributed by atoms with Gasteiger partial charge in [-0.1, -0.05) is 29.8 Å². The minimum Gasteiger partial charge on any atom is -0.372 e. The maximum absolute atomic E-state index is 6.23. The van der Waals surface area contributed by atoms with Gasteiger partial charge in [-0.15, -0.1) is 0 Å². The van der Waals surface area contributed by atoms with Gasteiger partial charge in [-0.05, 0) is 56.7 Å². The molecule has 2 N–H and O–H groups in total. The van der Waals surface area contributed by atoms with E-state index in [0.717, 1.165) is 41.0 Å². The second kappa shape index (κ2) is 9.42. The first-order chi connectivity index (χ1) is 13.6. The smallest absolute Gasteiger partial charge is 0.136 e. The lowest BCUT2D eigenvalue weighted by molar-refractivity contribution is 0.866. The molecule has 6 heteroatoms. The van der Waals surface area contributed by atoms with Crippen molar-refractivity contribution < 1.29 is 0 Å². The zero-order valence-corrected chi connectivity index (χ0v) is 17.3. The second-order valence-electron chi connectivity index (χ2n) is 6.47. The van der Waals surface area contributed by atoms with Crippen LogP contribution in [0.25, 0.3) is 0 Å². The second-order valence-corrected chi connectivity index (χ2v) is 6.88. The Labute approximate surface area is 171 Å². The van der Waals surface area contributed by atoms with Crippen molar-refractivity contribution in [3.63, 3.8) is 0 Å². The summed E-state index contributed by atoms with van der Waals surface area (Å²) in [5, 5.41) is 7.43. The van der Waals surface area contributed by atoms with E-state index >= 15 is 0 Å². The van der Waals surface area contributed by atoms with E-state index in [0.29, 0.717) is 12.4 Å². The summed E-state index contributed by atoms with van der Waals surface area (Å²) in [6.45, 7) is 8.81. The number of hydrogen-bond donors (Lipinski definition) is 2. The third-order valence-corrected chi connectivity index (χ3v) is 4.89. The van der Waals surface area contributed by atoms with Crippen molar-refractivity contribution in [2.45, 2.75) is 27.3 Å². The Balaban J connectivity index is 1.70. The van der Waals surface area contributed by atoms with Crippen molar-refractivity contribution in [2.75, 3.05) is 28.6 Å². The number of nitrogens with one attached hydrogen (secondary N) is 2. The SMILES string of the molecule is CCN(CC)c1ccc(Nc2cc(NCc3ccccc3Cl)nc(C)n2)cc1. The van der Waals surface area contributed by atoms with Crippen molar-refractivity contribution in [3.8, 4) is 0 Å². The summed E-state index contributed by atoms with van der Waals surface area (Å²) >= 11 is 6.23. The molecule has 2 aromatic carbocycles. The van der Waals surface area contributed by atoms with Crippen LogP contribution >= 0.6 is 11.6 Å². The Bertz CT molecular complexity index is 907. The highest BCUT2D eigenvalue weighted by atomic mass is 35.5. The van der Waals surface area contributed by atoms with E-state index in [1.807, 2.05) is 37.3 Å². The molecule has 146 valence electrons. The van der Waals surface area contributed by atoms with Gasteiger partial charge >= 0.3 is 0 Å². The predicted octanol–water partition coefficient (Wildman–Crippen LogP) is 5.64. The Morgan fingerprint density at radius 2 is 1.61 bits per heavy atom. The first kappa shape index (κ1) is 20.0. The Morgan fingerprint density at radius 3 is 2.29 bits per heavy atom. The molecule has 3 rings (SSSR count). The minimum atomic E-state index is 0.605. The third kappa shape index (κ3) is 5.14. The molecule has 0 spiro atoms. The fourth-order valence-electron chi connectivity index (χ4n) is 3.04.